The molecule has 0 bridgehead atoms. The molecule has 0 atom stereocenters. The summed E-state index contributed by atoms with van der Waals surface area (Å²) in [6.45, 7) is 3.97. The van der Waals surface area contributed by atoms with Gasteiger partial charge < -0.3 is 5.32 Å². The van der Waals surface area contributed by atoms with Crippen LogP contribution < -0.4 is 5.32 Å². The molecule has 2 rings (SSSR count). The van der Waals surface area contributed by atoms with Gasteiger partial charge in [-0.1, -0.05) is 40.2 Å². The van der Waals surface area contributed by atoms with E-state index in [2.05, 4.69) is 21.2 Å². The van der Waals surface area contributed by atoms with Crippen LogP contribution in [0.2, 0.25) is 0 Å². The van der Waals surface area contributed by atoms with E-state index in [4.69, 9.17) is 0 Å². The van der Waals surface area contributed by atoms with Crippen LogP contribution in [0.5, 0.6) is 0 Å². The van der Waals surface area contributed by atoms with Crippen LogP contribution in [0.15, 0.2) is 46.9 Å². The van der Waals surface area contributed by atoms with Crippen LogP contribution >= 0.6 is 15.9 Å². The Labute approximate surface area is 115 Å². The number of carbonyl (C=O) groups excluding carboxylic acids is 1. The second-order valence-electron chi connectivity index (χ2n) is 4.23. The molecule has 0 saturated heterocycles. The highest BCUT2D eigenvalue weighted by molar-refractivity contribution is 9.10. The van der Waals surface area contributed by atoms with E-state index in [1.807, 2.05) is 56.3 Å². The Bertz CT molecular complexity index is 593. The fourth-order valence-corrected chi connectivity index (χ4v) is 2.02. The SMILES string of the molecule is Cc1ccc(C(=O)Nc2ccccc2C)cc1Br. The average Bonchev–Trinajstić information content (AvgIpc) is 2.35. The van der Waals surface area contributed by atoms with Crippen LogP contribution in [-0.2, 0) is 0 Å². The summed E-state index contributed by atoms with van der Waals surface area (Å²) in [5.41, 5.74) is 3.66. The maximum Gasteiger partial charge on any atom is 0.255 e. The van der Waals surface area contributed by atoms with E-state index in [0.717, 1.165) is 21.3 Å². The zero-order chi connectivity index (χ0) is 13.1. The van der Waals surface area contributed by atoms with E-state index in [9.17, 15) is 4.79 Å². The molecule has 1 N–H and O–H groups in total. The largest absolute Gasteiger partial charge is 0.322 e. The second kappa shape index (κ2) is 5.36. The third-order valence-corrected chi connectivity index (χ3v) is 3.68. The Kier molecular flexibility index (Phi) is 3.82. The van der Waals surface area contributed by atoms with Crippen molar-refractivity contribution < 1.29 is 4.79 Å². The normalized spacial score (nSPS) is 10.2. The summed E-state index contributed by atoms with van der Waals surface area (Å²) in [7, 11) is 0. The molecule has 18 heavy (non-hydrogen) atoms. The molecule has 0 radical (unpaired) electrons. The third kappa shape index (κ3) is 2.79. The number of benzene rings is 2. The van der Waals surface area contributed by atoms with E-state index in [1.165, 1.54) is 0 Å². The minimum Gasteiger partial charge on any atom is -0.322 e. The summed E-state index contributed by atoms with van der Waals surface area (Å²) < 4.78 is 0.944. The Morgan fingerprint density at radius 2 is 1.78 bits per heavy atom. The highest BCUT2D eigenvalue weighted by Crippen LogP contribution is 2.19. The number of hydrogen-bond donors (Lipinski definition) is 1. The highest BCUT2D eigenvalue weighted by atomic mass is 79.9. The van der Waals surface area contributed by atoms with Crippen molar-refractivity contribution in [2.24, 2.45) is 0 Å². The molecule has 0 heterocycles. The molecule has 1 amide bonds. The van der Waals surface area contributed by atoms with Crippen LogP contribution in [0.4, 0.5) is 5.69 Å². The first-order chi connectivity index (χ1) is 8.58. The predicted molar refractivity (Wildman–Crippen MR) is 78.0 cm³/mol. The van der Waals surface area contributed by atoms with Gasteiger partial charge in [0.1, 0.15) is 0 Å². The molecule has 0 aliphatic heterocycles. The number of carbonyl (C=O) groups is 1. The fraction of sp³-hybridized carbons (Fsp3) is 0.133. The van der Waals surface area contributed by atoms with E-state index in [1.54, 1.807) is 0 Å². The first-order valence-corrected chi connectivity index (χ1v) is 6.50. The van der Waals surface area contributed by atoms with E-state index < -0.39 is 0 Å². The lowest BCUT2D eigenvalue weighted by Crippen LogP contribution is -2.12. The average molecular weight is 304 g/mol. The van der Waals surface area contributed by atoms with Crippen LogP contribution in [0, 0.1) is 13.8 Å². The molecule has 2 aromatic carbocycles. The maximum atomic E-state index is 12.1. The van der Waals surface area contributed by atoms with Crippen LogP contribution in [0.25, 0.3) is 0 Å². The predicted octanol–water partition coefficient (Wildman–Crippen LogP) is 4.32. The number of aryl methyl sites for hydroxylation is 2. The highest BCUT2D eigenvalue weighted by Gasteiger charge is 2.08. The van der Waals surface area contributed by atoms with Gasteiger partial charge in [-0.25, -0.2) is 0 Å². The molecule has 0 aliphatic rings. The number of nitrogens with one attached hydrogen (secondary N) is 1. The van der Waals surface area contributed by atoms with E-state index >= 15 is 0 Å². The lowest BCUT2D eigenvalue weighted by molar-refractivity contribution is 0.102. The lowest BCUT2D eigenvalue weighted by Gasteiger charge is -2.08. The molecule has 2 nitrogen and oxygen atoms in total. The molecule has 92 valence electrons. The summed E-state index contributed by atoms with van der Waals surface area (Å²) in [5.74, 6) is -0.0926. The summed E-state index contributed by atoms with van der Waals surface area (Å²) in [4.78, 5) is 12.1. The number of hydrogen-bond acceptors (Lipinski definition) is 1. The van der Waals surface area contributed by atoms with Gasteiger partial charge in [-0.2, -0.15) is 0 Å². The van der Waals surface area contributed by atoms with Crippen molar-refractivity contribution in [1.82, 2.24) is 0 Å². The molecule has 0 aromatic heterocycles. The molecule has 3 heteroatoms. The number of halogens is 1. The summed E-state index contributed by atoms with van der Waals surface area (Å²) in [6.07, 6.45) is 0. The Morgan fingerprint density at radius 1 is 1.06 bits per heavy atom. The first kappa shape index (κ1) is 12.8. The van der Waals surface area contributed by atoms with Gasteiger partial charge in [0.15, 0.2) is 0 Å². The van der Waals surface area contributed by atoms with Crippen molar-refractivity contribution in [3.8, 4) is 0 Å². The van der Waals surface area contributed by atoms with E-state index in [0.29, 0.717) is 5.56 Å². The quantitative estimate of drug-likeness (QED) is 0.879. The van der Waals surface area contributed by atoms with Crippen molar-refractivity contribution in [3.63, 3.8) is 0 Å². The molecule has 0 spiro atoms. The molecule has 0 aliphatic carbocycles. The van der Waals surface area contributed by atoms with Gasteiger partial charge >= 0.3 is 0 Å². The van der Waals surface area contributed by atoms with Crippen LogP contribution in [-0.4, -0.2) is 5.91 Å². The van der Waals surface area contributed by atoms with Crippen LogP contribution in [0.1, 0.15) is 21.5 Å². The fourth-order valence-electron chi connectivity index (χ4n) is 1.64. The van der Waals surface area contributed by atoms with Crippen molar-refractivity contribution in [2.45, 2.75) is 13.8 Å². The molecular formula is C15H14BrNO. The molecule has 0 fully saturated rings. The second-order valence-corrected chi connectivity index (χ2v) is 5.09. The van der Waals surface area contributed by atoms with E-state index in [-0.39, 0.29) is 5.91 Å². The number of para-hydroxylation sites is 1. The first-order valence-electron chi connectivity index (χ1n) is 5.71. The molecule has 0 saturated carbocycles. The zero-order valence-corrected chi connectivity index (χ0v) is 11.9. The van der Waals surface area contributed by atoms with Gasteiger partial charge in [0.2, 0.25) is 0 Å². The molecule has 0 unspecified atom stereocenters. The Balaban J connectivity index is 2.22. The van der Waals surface area contributed by atoms with Gasteiger partial charge in [-0.3, -0.25) is 4.79 Å². The Morgan fingerprint density at radius 3 is 2.44 bits per heavy atom. The van der Waals surface area contributed by atoms with Gasteiger partial charge in [0, 0.05) is 15.7 Å². The van der Waals surface area contributed by atoms with Gasteiger partial charge in [0.25, 0.3) is 5.91 Å². The van der Waals surface area contributed by atoms with Crippen molar-refractivity contribution in [1.29, 1.82) is 0 Å². The van der Waals surface area contributed by atoms with Gasteiger partial charge in [-0.15, -0.1) is 0 Å². The van der Waals surface area contributed by atoms with Gasteiger partial charge in [0.05, 0.1) is 0 Å². The number of amides is 1. The number of anilines is 1. The third-order valence-electron chi connectivity index (χ3n) is 2.83. The van der Waals surface area contributed by atoms with Gasteiger partial charge in [-0.05, 0) is 43.2 Å². The standard InChI is InChI=1S/C15H14BrNO/c1-10-7-8-12(9-13(10)16)15(18)17-14-6-4-3-5-11(14)2/h3-9H,1-2H3,(H,17,18). The summed E-state index contributed by atoms with van der Waals surface area (Å²) >= 11 is 3.43. The van der Waals surface area contributed by atoms with Crippen molar-refractivity contribution in [2.75, 3.05) is 5.32 Å². The summed E-state index contributed by atoms with van der Waals surface area (Å²) in [5, 5.41) is 2.91. The molecular weight excluding hydrogens is 290 g/mol. The Hall–Kier alpha value is -1.61. The van der Waals surface area contributed by atoms with Crippen LogP contribution in [0.3, 0.4) is 0 Å². The smallest absolute Gasteiger partial charge is 0.255 e. The topological polar surface area (TPSA) is 29.1 Å². The monoisotopic (exact) mass is 303 g/mol. The number of rotatable bonds is 2. The minimum absolute atomic E-state index is 0.0926. The van der Waals surface area contributed by atoms with Crippen molar-refractivity contribution >= 4 is 27.5 Å². The minimum atomic E-state index is -0.0926. The lowest BCUT2D eigenvalue weighted by atomic mass is 10.1. The summed E-state index contributed by atoms with van der Waals surface area (Å²) in [6, 6.07) is 13.3. The van der Waals surface area contributed by atoms with Crippen molar-refractivity contribution in [3.05, 3.63) is 63.6 Å². The zero-order valence-electron chi connectivity index (χ0n) is 10.3. The molecule has 2 aromatic rings. The maximum absolute atomic E-state index is 12.1.